The SMILES string of the molecule is CC(C)c1ccc2c(c1)C(C)N(C)C2=O. The van der Waals surface area contributed by atoms with Gasteiger partial charge in [0, 0.05) is 12.6 Å². The average Bonchev–Trinajstić information content (AvgIpc) is 2.44. The predicted molar refractivity (Wildman–Crippen MR) is 61.0 cm³/mol. The van der Waals surface area contributed by atoms with E-state index in [-0.39, 0.29) is 11.9 Å². The lowest BCUT2D eigenvalue weighted by Crippen LogP contribution is -2.20. The van der Waals surface area contributed by atoms with Crippen LogP contribution in [0.15, 0.2) is 18.2 Å². The van der Waals surface area contributed by atoms with Gasteiger partial charge in [-0.1, -0.05) is 26.0 Å². The first-order valence-electron chi connectivity index (χ1n) is 5.43. The zero-order chi connectivity index (χ0) is 11.2. The van der Waals surface area contributed by atoms with Crippen molar-refractivity contribution < 1.29 is 4.79 Å². The topological polar surface area (TPSA) is 20.3 Å². The smallest absolute Gasteiger partial charge is 0.254 e. The summed E-state index contributed by atoms with van der Waals surface area (Å²) in [6.07, 6.45) is 0. The first-order chi connectivity index (χ1) is 7.02. The van der Waals surface area contributed by atoms with E-state index in [1.807, 2.05) is 13.1 Å². The predicted octanol–water partition coefficient (Wildman–Crippen LogP) is 2.96. The highest BCUT2D eigenvalue weighted by Crippen LogP contribution is 2.33. The molecule has 15 heavy (non-hydrogen) atoms. The number of benzene rings is 1. The number of carbonyl (C=O) groups excluding carboxylic acids is 1. The molecule has 0 aromatic heterocycles. The van der Waals surface area contributed by atoms with E-state index in [2.05, 4.69) is 32.9 Å². The van der Waals surface area contributed by atoms with E-state index in [1.165, 1.54) is 11.1 Å². The van der Waals surface area contributed by atoms with Gasteiger partial charge in [0.1, 0.15) is 0 Å². The highest BCUT2D eigenvalue weighted by molar-refractivity contribution is 5.99. The second-order valence-corrected chi connectivity index (χ2v) is 4.59. The maximum absolute atomic E-state index is 11.8. The molecule has 1 aromatic carbocycles. The number of hydrogen-bond donors (Lipinski definition) is 0. The van der Waals surface area contributed by atoms with Crippen molar-refractivity contribution in [1.82, 2.24) is 4.90 Å². The summed E-state index contributed by atoms with van der Waals surface area (Å²) in [7, 11) is 1.86. The first-order valence-corrected chi connectivity index (χ1v) is 5.43. The van der Waals surface area contributed by atoms with E-state index in [1.54, 1.807) is 4.90 Å². The van der Waals surface area contributed by atoms with Gasteiger partial charge in [-0.2, -0.15) is 0 Å². The van der Waals surface area contributed by atoms with Crippen LogP contribution in [0.5, 0.6) is 0 Å². The van der Waals surface area contributed by atoms with E-state index in [0.29, 0.717) is 5.92 Å². The summed E-state index contributed by atoms with van der Waals surface area (Å²) in [5, 5.41) is 0. The molecule has 0 fully saturated rings. The lowest BCUT2D eigenvalue weighted by Gasteiger charge is -2.15. The number of rotatable bonds is 1. The average molecular weight is 203 g/mol. The number of fused-ring (bicyclic) bond motifs is 1. The van der Waals surface area contributed by atoms with Crippen LogP contribution in [0.25, 0.3) is 0 Å². The van der Waals surface area contributed by atoms with Crippen molar-refractivity contribution in [3.8, 4) is 0 Å². The Bertz CT molecular complexity index is 409. The van der Waals surface area contributed by atoms with E-state index in [9.17, 15) is 4.79 Å². The normalized spacial score (nSPS) is 19.9. The van der Waals surface area contributed by atoms with Crippen LogP contribution in [0.2, 0.25) is 0 Å². The van der Waals surface area contributed by atoms with Crippen LogP contribution in [0.4, 0.5) is 0 Å². The quantitative estimate of drug-likeness (QED) is 0.687. The van der Waals surface area contributed by atoms with Crippen LogP contribution in [-0.4, -0.2) is 17.9 Å². The van der Waals surface area contributed by atoms with Crippen molar-refractivity contribution in [2.45, 2.75) is 32.7 Å². The molecule has 1 aliphatic heterocycles. The third kappa shape index (κ3) is 1.44. The van der Waals surface area contributed by atoms with Crippen LogP contribution in [0, 0.1) is 0 Å². The van der Waals surface area contributed by atoms with Crippen LogP contribution in [-0.2, 0) is 0 Å². The summed E-state index contributed by atoms with van der Waals surface area (Å²) in [6.45, 7) is 6.42. The van der Waals surface area contributed by atoms with Crippen molar-refractivity contribution in [1.29, 1.82) is 0 Å². The molecule has 0 saturated carbocycles. The molecule has 0 N–H and O–H groups in total. The highest BCUT2D eigenvalue weighted by atomic mass is 16.2. The Morgan fingerprint density at radius 1 is 1.33 bits per heavy atom. The fraction of sp³-hybridized carbons (Fsp3) is 0.462. The zero-order valence-corrected chi connectivity index (χ0v) is 9.74. The zero-order valence-electron chi connectivity index (χ0n) is 9.74. The molecule has 0 radical (unpaired) electrons. The summed E-state index contributed by atoms with van der Waals surface area (Å²) >= 11 is 0. The first kappa shape index (κ1) is 10.2. The van der Waals surface area contributed by atoms with Crippen molar-refractivity contribution in [3.05, 3.63) is 34.9 Å². The Balaban J connectivity index is 2.51. The fourth-order valence-corrected chi connectivity index (χ4v) is 2.06. The molecule has 0 bridgehead atoms. The molecule has 2 heteroatoms. The number of nitrogens with zero attached hydrogens (tertiary/aromatic N) is 1. The van der Waals surface area contributed by atoms with Gasteiger partial charge >= 0.3 is 0 Å². The maximum Gasteiger partial charge on any atom is 0.254 e. The van der Waals surface area contributed by atoms with Crippen LogP contribution in [0.3, 0.4) is 0 Å². The van der Waals surface area contributed by atoms with Gasteiger partial charge in [0.2, 0.25) is 0 Å². The van der Waals surface area contributed by atoms with Gasteiger partial charge in [-0.15, -0.1) is 0 Å². The summed E-state index contributed by atoms with van der Waals surface area (Å²) < 4.78 is 0. The van der Waals surface area contributed by atoms with Gasteiger partial charge in [-0.25, -0.2) is 0 Å². The Labute approximate surface area is 90.9 Å². The molecule has 0 saturated heterocycles. The molecule has 1 atom stereocenters. The van der Waals surface area contributed by atoms with Crippen LogP contribution in [0.1, 0.15) is 54.2 Å². The summed E-state index contributed by atoms with van der Waals surface area (Å²) in [6, 6.07) is 6.41. The Morgan fingerprint density at radius 3 is 2.60 bits per heavy atom. The minimum atomic E-state index is 0.146. The van der Waals surface area contributed by atoms with E-state index in [0.717, 1.165) is 5.56 Å². The monoisotopic (exact) mass is 203 g/mol. The second kappa shape index (κ2) is 3.37. The number of carbonyl (C=O) groups is 1. The Kier molecular flexibility index (Phi) is 2.29. The Morgan fingerprint density at radius 2 is 2.00 bits per heavy atom. The minimum Gasteiger partial charge on any atom is -0.335 e. The van der Waals surface area contributed by atoms with Crippen molar-refractivity contribution in [3.63, 3.8) is 0 Å². The van der Waals surface area contributed by atoms with E-state index in [4.69, 9.17) is 0 Å². The molecular formula is C13H17NO. The van der Waals surface area contributed by atoms with E-state index < -0.39 is 0 Å². The van der Waals surface area contributed by atoms with Gasteiger partial charge in [0.15, 0.2) is 0 Å². The van der Waals surface area contributed by atoms with Gasteiger partial charge in [-0.05, 0) is 30.0 Å². The summed E-state index contributed by atoms with van der Waals surface area (Å²) in [4.78, 5) is 13.6. The molecule has 1 heterocycles. The summed E-state index contributed by atoms with van der Waals surface area (Å²) in [5.74, 6) is 0.663. The van der Waals surface area contributed by atoms with Crippen molar-refractivity contribution in [2.75, 3.05) is 7.05 Å². The molecule has 0 aliphatic carbocycles. The molecule has 1 aromatic rings. The van der Waals surface area contributed by atoms with Gasteiger partial charge in [-0.3, -0.25) is 4.79 Å². The Hall–Kier alpha value is -1.31. The van der Waals surface area contributed by atoms with Crippen LogP contribution >= 0.6 is 0 Å². The molecule has 2 rings (SSSR count). The van der Waals surface area contributed by atoms with Gasteiger partial charge in [0.05, 0.1) is 6.04 Å². The molecule has 1 unspecified atom stereocenters. The van der Waals surface area contributed by atoms with Gasteiger partial charge < -0.3 is 4.90 Å². The second-order valence-electron chi connectivity index (χ2n) is 4.59. The van der Waals surface area contributed by atoms with Crippen LogP contribution < -0.4 is 0 Å². The summed E-state index contributed by atoms with van der Waals surface area (Å²) in [5.41, 5.74) is 3.35. The molecule has 1 aliphatic rings. The molecular weight excluding hydrogens is 186 g/mol. The van der Waals surface area contributed by atoms with Crippen molar-refractivity contribution in [2.24, 2.45) is 0 Å². The van der Waals surface area contributed by atoms with E-state index >= 15 is 0 Å². The maximum atomic E-state index is 11.8. The number of hydrogen-bond acceptors (Lipinski definition) is 1. The highest BCUT2D eigenvalue weighted by Gasteiger charge is 2.30. The third-order valence-electron chi connectivity index (χ3n) is 3.32. The minimum absolute atomic E-state index is 0.146. The molecule has 1 amide bonds. The lowest BCUT2D eigenvalue weighted by atomic mass is 9.96. The molecule has 2 nitrogen and oxygen atoms in total. The lowest BCUT2D eigenvalue weighted by molar-refractivity contribution is 0.0784. The largest absolute Gasteiger partial charge is 0.335 e. The third-order valence-corrected chi connectivity index (χ3v) is 3.32. The van der Waals surface area contributed by atoms with Gasteiger partial charge in [0.25, 0.3) is 5.91 Å². The van der Waals surface area contributed by atoms with Crippen molar-refractivity contribution >= 4 is 5.91 Å². The molecule has 0 spiro atoms. The standard InChI is InChI=1S/C13H17NO/c1-8(2)10-5-6-11-12(7-10)9(3)14(4)13(11)15/h5-9H,1-4H3. The fourth-order valence-electron chi connectivity index (χ4n) is 2.06. The number of amides is 1. The molecule has 80 valence electrons.